The molecule has 1 N–H and O–H groups in total. The molecule has 0 aliphatic carbocycles. The fourth-order valence-corrected chi connectivity index (χ4v) is 4.88. The van der Waals surface area contributed by atoms with Gasteiger partial charge in [-0.05, 0) is 48.9 Å². The fourth-order valence-electron chi connectivity index (χ4n) is 2.87. The maximum atomic E-state index is 13.3. The predicted octanol–water partition coefficient (Wildman–Crippen LogP) is 5.30. The average Bonchev–Trinajstić information content (AvgIpc) is 2.77. The summed E-state index contributed by atoms with van der Waals surface area (Å²) in [5.74, 6) is -0.626. The van der Waals surface area contributed by atoms with Gasteiger partial charge in [-0.2, -0.15) is 9.41 Å². The number of nitrogens with one attached hydrogen (secondary N) is 1. The first-order valence-corrected chi connectivity index (χ1v) is 12.3. The molecule has 3 aromatic carbocycles. The molecule has 0 spiro atoms. The lowest BCUT2D eigenvalue weighted by Gasteiger charge is -2.22. The minimum absolute atomic E-state index is 0.0222. The van der Waals surface area contributed by atoms with Crippen LogP contribution in [-0.4, -0.2) is 31.4 Å². The van der Waals surface area contributed by atoms with E-state index in [4.69, 9.17) is 34.8 Å². The quantitative estimate of drug-likeness (QED) is 0.321. The summed E-state index contributed by atoms with van der Waals surface area (Å²) in [4.78, 5) is 12.5. The maximum absolute atomic E-state index is 13.3. The molecule has 0 atom stereocenters. The van der Waals surface area contributed by atoms with Crippen molar-refractivity contribution < 1.29 is 13.2 Å². The highest BCUT2D eigenvalue weighted by molar-refractivity contribution is 7.89. The molecule has 0 bridgehead atoms. The van der Waals surface area contributed by atoms with Crippen LogP contribution in [0, 0.1) is 6.92 Å². The largest absolute Gasteiger partial charge is 0.272 e. The Labute approximate surface area is 207 Å². The molecule has 6 nitrogen and oxygen atoms in total. The summed E-state index contributed by atoms with van der Waals surface area (Å²) in [6.45, 7) is 1.25. The molecule has 3 aromatic rings. The van der Waals surface area contributed by atoms with E-state index in [1.54, 1.807) is 18.2 Å². The molecular formula is C23H20Cl3N3O3S. The molecule has 0 radical (unpaired) electrons. The Balaban J connectivity index is 1.84. The van der Waals surface area contributed by atoms with E-state index in [-0.39, 0.29) is 21.5 Å². The van der Waals surface area contributed by atoms with Gasteiger partial charge in [0.15, 0.2) is 0 Å². The van der Waals surface area contributed by atoms with E-state index in [9.17, 15) is 13.2 Å². The normalized spacial score (nSPS) is 11.8. The number of rotatable bonds is 8. The van der Waals surface area contributed by atoms with Gasteiger partial charge in [0.05, 0.1) is 17.7 Å². The number of amides is 1. The third kappa shape index (κ3) is 6.79. The van der Waals surface area contributed by atoms with Crippen molar-refractivity contribution >= 4 is 56.9 Å². The Bertz CT molecular complexity index is 1240. The van der Waals surface area contributed by atoms with E-state index in [2.05, 4.69) is 10.5 Å². The van der Waals surface area contributed by atoms with Gasteiger partial charge in [0.25, 0.3) is 5.91 Å². The summed E-state index contributed by atoms with van der Waals surface area (Å²) in [6, 6.07) is 18.0. The van der Waals surface area contributed by atoms with Crippen molar-refractivity contribution in [2.45, 2.75) is 18.4 Å². The number of aryl methyl sites for hydroxylation is 1. The molecule has 3 rings (SSSR count). The van der Waals surface area contributed by atoms with E-state index < -0.39 is 22.5 Å². The lowest BCUT2D eigenvalue weighted by molar-refractivity contribution is -0.121. The molecule has 1 amide bonds. The second-order valence-electron chi connectivity index (χ2n) is 7.13. The first kappa shape index (κ1) is 25.2. The van der Waals surface area contributed by atoms with Crippen molar-refractivity contribution in [2.75, 3.05) is 6.54 Å². The lowest BCUT2D eigenvalue weighted by atomic mass is 10.2. The third-order valence-electron chi connectivity index (χ3n) is 4.65. The zero-order valence-corrected chi connectivity index (χ0v) is 20.6. The molecule has 0 saturated heterocycles. The standard InChI is InChI=1S/C23H20Cl3N3O3S/c1-16-5-7-17(8-6-16)13-27-28-23(30)15-29(14-20-21(25)3-2-4-22(20)26)33(31,32)19-11-9-18(24)10-12-19/h2-13H,14-15H2,1H3,(H,28,30)/b27-13+. The van der Waals surface area contributed by atoms with Gasteiger partial charge in [-0.15, -0.1) is 0 Å². The zero-order valence-electron chi connectivity index (χ0n) is 17.5. The van der Waals surface area contributed by atoms with Crippen LogP contribution < -0.4 is 5.43 Å². The van der Waals surface area contributed by atoms with Crippen molar-refractivity contribution in [2.24, 2.45) is 5.10 Å². The van der Waals surface area contributed by atoms with Gasteiger partial charge in [-0.1, -0.05) is 70.7 Å². The van der Waals surface area contributed by atoms with Crippen molar-refractivity contribution in [1.82, 2.24) is 9.73 Å². The van der Waals surface area contributed by atoms with Gasteiger partial charge in [0.1, 0.15) is 0 Å². The number of carbonyl (C=O) groups is 1. The Morgan fingerprint density at radius 1 is 0.970 bits per heavy atom. The molecule has 33 heavy (non-hydrogen) atoms. The molecule has 10 heteroatoms. The average molecular weight is 525 g/mol. The SMILES string of the molecule is Cc1ccc(/C=N/NC(=O)CN(Cc2c(Cl)cccc2Cl)S(=O)(=O)c2ccc(Cl)cc2)cc1. The van der Waals surface area contributed by atoms with Gasteiger partial charge in [0.2, 0.25) is 10.0 Å². The molecule has 0 heterocycles. The van der Waals surface area contributed by atoms with Crippen LogP contribution in [0.1, 0.15) is 16.7 Å². The molecule has 0 aromatic heterocycles. The summed E-state index contributed by atoms with van der Waals surface area (Å²) in [6.07, 6.45) is 1.47. The summed E-state index contributed by atoms with van der Waals surface area (Å²) < 4.78 is 27.6. The molecule has 0 saturated carbocycles. The Morgan fingerprint density at radius 3 is 2.18 bits per heavy atom. The van der Waals surface area contributed by atoms with Gasteiger partial charge in [-0.25, -0.2) is 13.8 Å². The Morgan fingerprint density at radius 2 is 1.58 bits per heavy atom. The van der Waals surface area contributed by atoms with E-state index in [1.165, 1.54) is 30.5 Å². The van der Waals surface area contributed by atoms with Gasteiger partial charge in [-0.3, -0.25) is 4.79 Å². The van der Waals surface area contributed by atoms with Crippen LogP contribution in [0.5, 0.6) is 0 Å². The van der Waals surface area contributed by atoms with E-state index in [0.717, 1.165) is 15.4 Å². The molecule has 0 fully saturated rings. The van der Waals surface area contributed by atoms with Crippen LogP contribution in [0.15, 0.2) is 76.7 Å². The number of halogens is 3. The topological polar surface area (TPSA) is 78.8 Å². The van der Waals surface area contributed by atoms with Crippen molar-refractivity contribution in [1.29, 1.82) is 0 Å². The number of benzene rings is 3. The van der Waals surface area contributed by atoms with Crippen molar-refractivity contribution in [3.8, 4) is 0 Å². The first-order valence-electron chi connectivity index (χ1n) is 9.74. The van der Waals surface area contributed by atoms with E-state index >= 15 is 0 Å². The second-order valence-corrected chi connectivity index (χ2v) is 10.3. The van der Waals surface area contributed by atoms with Crippen LogP contribution in [0.25, 0.3) is 0 Å². The van der Waals surface area contributed by atoms with Crippen LogP contribution in [-0.2, 0) is 21.4 Å². The van der Waals surface area contributed by atoms with E-state index in [1.807, 2.05) is 31.2 Å². The molecular weight excluding hydrogens is 505 g/mol. The summed E-state index contributed by atoms with van der Waals surface area (Å²) >= 11 is 18.4. The first-order chi connectivity index (χ1) is 15.7. The predicted molar refractivity (Wildman–Crippen MR) is 132 cm³/mol. The Hall–Kier alpha value is -2.42. The molecule has 172 valence electrons. The smallest absolute Gasteiger partial charge is 0.255 e. The molecule has 0 aliphatic heterocycles. The monoisotopic (exact) mass is 523 g/mol. The number of hydrazone groups is 1. The number of hydrogen-bond donors (Lipinski definition) is 1. The molecule has 0 aliphatic rings. The number of hydrogen-bond acceptors (Lipinski definition) is 4. The van der Waals surface area contributed by atoms with Gasteiger partial charge >= 0.3 is 0 Å². The number of carbonyl (C=O) groups excluding carboxylic acids is 1. The fraction of sp³-hybridized carbons (Fsp3) is 0.130. The zero-order chi connectivity index (χ0) is 24.0. The van der Waals surface area contributed by atoms with E-state index in [0.29, 0.717) is 10.6 Å². The minimum Gasteiger partial charge on any atom is -0.272 e. The second kappa shape index (κ2) is 11.1. The highest BCUT2D eigenvalue weighted by Crippen LogP contribution is 2.28. The maximum Gasteiger partial charge on any atom is 0.255 e. The van der Waals surface area contributed by atoms with Crippen LogP contribution in [0.4, 0.5) is 0 Å². The summed E-state index contributed by atoms with van der Waals surface area (Å²) in [5, 5.41) is 4.88. The number of sulfonamides is 1. The minimum atomic E-state index is -4.08. The number of nitrogens with zero attached hydrogens (tertiary/aromatic N) is 2. The highest BCUT2D eigenvalue weighted by atomic mass is 35.5. The highest BCUT2D eigenvalue weighted by Gasteiger charge is 2.28. The summed E-state index contributed by atoms with van der Waals surface area (Å²) in [5.41, 5.74) is 4.63. The third-order valence-corrected chi connectivity index (χ3v) is 7.41. The lowest BCUT2D eigenvalue weighted by Crippen LogP contribution is -2.39. The Kier molecular flexibility index (Phi) is 8.51. The molecule has 0 unspecified atom stereocenters. The van der Waals surface area contributed by atoms with Crippen molar-refractivity contribution in [3.05, 3.63) is 98.5 Å². The van der Waals surface area contributed by atoms with Crippen LogP contribution >= 0.6 is 34.8 Å². The van der Waals surface area contributed by atoms with Crippen LogP contribution in [0.2, 0.25) is 15.1 Å². The summed E-state index contributed by atoms with van der Waals surface area (Å²) in [7, 11) is -4.08. The van der Waals surface area contributed by atoms with Gasteiger partial charge < -0.3 is 0 Å². The van der Waals surface area contributed by atoms with Gasteiger partial charge in [0, 0.05) is 27.2 Å². The van der Waals surface area contributed by atoms with Crippen molar-refractivity contribution in [3.63, 3.8) is 0 Å². The van der Waals surface area contributed by atoms with Crippen LogP contribution in [0.3, 0.4) is 0 Å².